The third-order valence-corrected chi connectivity index (χ3v) is 4.09. The predicted molar refractivity (Wildman–Crippen MR) is 93.7 cm³/mol. The van der Waals surface area contributed by atoms with Gasteiger partial charge in [-0.3, -0.25) is 9.78 Å². The molecular formula is C18H19ClN2O3. The molecule has 0 saturated carbocycles. The number of amides is 1. The number of nitrogens with one attached hydrogen (secondary N) is 1. The molecule has 1 heterocycles. The van der Waals surface area contributed by atoms with E-state index < -0.39 is 5.97 Å². The van der Waals surface area contributed by atoms with Crippen LogP contribution in [0.15, 0.2) is 30.5 Å². The topological polar surface area (TPSA) is 68.3 Å². The molecule has 0 atom stereocenters. The SMILES string of the molecule is CCc1ccc(Cl)c(CC)c1NC(=O)c1ccc(C(=O)OC)cn1. The van der Waals surface area contributed by atoms with Gasteiger partial charge in [0.15, 0.2) is 0 Å². The average molecular weight is 347 g/mol. The van der Waals surface area contributed by atoms with Gasteiger partial charge in [-0.1, -0.05) is 31.5 Å². The van der Waals surface area contributed by atoms with Gasteiger partial charge < -0.3 is 10.1 Å². The van der Waals surface area contributed by atoms with Crippen LogP contribution in [0.4, 0.5) is 5.69 Å². The van der Waals surface area contributed by atoms with Crippen molar-refractivity contribution < 1.29 is 14.3 Å². The normalized spacial score (nSPS) is 10.3. The molecule has 0 aliphatic rings. The Morgan fingerprint density at radius 2 is 1.92 bits per heavy atom. The summed E-state index contributed by atoms with van der Waals surface area (Å²) in [5.74, 6) is -0.844. The first-order chi connectivity index (χ1) is 11.5. The number of methoxy groups -OCH3 is 1. The highest BCUT2D eigenvalue weighted by Gasteiger charge is 2.16. The Morgan fingerprint density at radius 3 is 2.46 bits per heavy atom. The van der Waals surface area contributed by atoms with Crippen LogP contribution >= 0.6 is 11.6 Å². The van der Waals surface area contributed by atoms with E-state index in [4.69, 9.17) is 11.6 Å². The lowest BCUT2D eigenvalue weighted by Gasteiger charge is -2.15. The van der Waals surface area contributed by atoms with E-state index in [2.05, 4.69) is 15.0 Å². The van der Waals surface area contributed by atoms with Crippen LogP contribution in [-0.2, 0) is 17.6 Å². The smallest absolute Gasteiger partial charge is 0.339 e. The second kappa shape index (κ2) is 7.93. The maximum atomic E-state index is 12.5. The van der Waals surface area contributed by atoms with Gasteiger partial charge in [-0.05, 0) is 42.2 Å². The molecular weight excluding hydrogens is 328 g/mol. The molecule has 2 aromatic rings. The first kappa shape index (κ1) is 17.9. The minimum Gasteiger partial charge on any atom is -0.465 e. The molecule has 0 aliphatic carbocycles. The fourth-order valence-electron chi connectivity index (χ4n) is 2.41. The van der Waals surface area contributed by atoms with Crippen LogP contribution in [0.3, 0.4) is 0 Å². The Labute approximate surface area is 146 Å². The number of hydrogen-bond acceptors (Lipinski definition) is 4. The third kappa shape index (κ3) is 3.74. The largest absolute Gasteiger partial charge is 0.465 e. The van der Waals surface area contributed by atoms with E-state index in [1.54, 1.807) is 0 Å². The Balaban J connectivity index is 2.30. The van der Waals surface area contributed by atoms with Crippen LogP contribution < -0.4 is 5.32 Å². The molecule has 1 aromatic carbocycles. The minimum absolute atomic E-state index is 0.215. The van der Waals surface area contributed by atoms with E-state index in [-0.39, 0.29) is 11.6 Å². The predicted octanol–water partition coefficient (Wildman–Crippen LogP) is 3.90. The highest BCUT2D eigenvalue weighted by atomic mass is 35.5. The van der Waals surface area contributed by atoms with Gasteiger partial charge >= 0.3 is 5.97 Å². The number of halogens is 1. The zero-order chi connectivity index (χ0) is 17.7. The number of aryl methyl sites for hydroxylation is 1. The van der Waals surface area contributed by atoms with E-state index >= 15 is 0 Å². The van der Waals surface area contributed by atoms with Crippen molar-refractivity contribution in [3.8, 4) is 0 Å². The second-order valence-electron chi connectivity index (χ2n) is 5.14. The Hall–Kier alpha value is -2.40. The second-order valence-corrected chi connectivity index (χ2v) is 5.55. The number of benzene rings is 1. The van der Waals surface area contributed by atoms with E-state index in [1.165, 1.54) is 25.4 Å². The molecule has 5 nitrogen and oxygen atoms in total. The molecule has 1 amide bonds. The van der Waals surface area contributed by atoms with Gasteiger partial charge in [0, 0.05) is 16.9 Å². The number of esters is 1. The van der Waals surface area contributed by atoms with Crippen LogP contribution in [0.1, 0.15) is 45.8 Å². The lowest BCUT2D eigenvalue weighted by atomic mass is 10.0. The summed E-state index contributed by atoms with van der Waals surface area (Å²) in [5, 5.41) is 3.52. The number of nitrogens with zero attached hydrogens (tertiary/aromatic N) is 1. The number of carbonyl (C=O) groups excluding carboxylic acids is 2. The summed E-state index contributed by atoms with van der Waals surface area (Å²) in [6, 6.07) is 6.75. The van der Waals surface area contributed by atoms with Gasteiger partial charge in [0.1, 0.15) is 5.69 Å². The van der Waals surface area contributed by atoms with Crippen molar-refractivity contribution in [2.75, 3.05) is 12.4 Å². The van der Waals surface area contributed by atoms with Crippen molar-refractivity contribution in [3.63, 3.8) is 0 Å². The molecule has 0 bridgehead atoms. The monoisotopic (exact) mass is 346 g/mol. The number of rotatable bonds is 5. The van der Waals surface area contributed by atoms with Gasteiger partial charge in [-0.15, -0.1) is 0 Å². The fourth-order valence-corrected chi connectivity index (χ4v) is 2.70. The molecule has 0 spiro atoms. The molecule has 0 radical (unpaired) electrons. The van der Waals surface area contributed by atoms with Crippen molar-refractivity contribution in [1.29, 1.82) is 0 Å². The number of aromatic nitrogens is 1. The number of carbonyl (C=O) groups is 2. The van der Waals surface area contributed by atoms with Crippen LogP contribution in [0.25, 0.3) is 0 Å². The zero-order valence-electron chi connectivity index (χ0n) is 13.9. The summed E-state index contributed by atoms with van der Waals surface area (Å²) in [4.78, 5) is 27.9. The number of pyridine rings is 1. The standard InChI is InChI=1S/C18H19ClN2O3/c1-4-11-6-8-14(19)13(5-2)16(11)21-17(22)15-9-7-12(10-20-15)18(23)24-3/h6-10H,4-5H2,1-3H3,(H,21,22). The van der Waals surface area contributed by atoms with Gasteiger partial charge in [-0.2, -0.15) is 0 Å². The first-order valence-electron chi connectivity index (χ1n) is 7.67. The minimum atomic E-state index is -0.495. The van der Waals surface area contributed by atoms with Gasteiger partial charge in [0.2, 0.25) is 0 Å². The highest BCUT2D eigenvalue weighted by molar-refractivity contribution is 6.32. The van der Waals surface area contributed by atoms with Crippen molar-refractivity contribution in [2.24, 2.45) is 0 Å². The van der Waals surface area contributed by atoms with Crippen LogP contribution in [0, 0.1) is 0 Å². The van der Waals surface area contributed by atoms with Crippen molar-refractivity contribution in [3.05, 3.63) is 57.9 Å². The molecule has 0 saturated heterocycles. The maximum Gasteiger partial charge on any atom is 0.339 e. The molecule has 126 valence electrons. The molecule has 1 aromatic heterocycles. The Kier molecular flexibility index (Phi) is 5.93. The van der Waals surface area contributed by atoms with Crippen LogP contribution in [0.2, 0.25) is 5.02 Å². The number of ether oxygens (including phenoxy) is 1. The molecule has 6 heteroatoms. The molecule has 24 heavy (non-hydrogen) atoms. The summed E-state index contributed by atoms with van der Waals surface area (Å²) >= 11 is 6.24. The maximum absolute atomic E-state index is 12.5. The molecule has 2 rings (SSSR count). The van der Waals surface area contributed by atoms with Crippen molar-refractivity contribution in [1.82, 2.24) is 4.98 Å². The molecule has 1 N–H and O–H groups in total. The van der Waals surface area contributed by atoms with Crippen LogP contribution in [0.5, 0.6) is 0 Å². The van der Waals surface area contributed by atoms with Gasteiger partial charge in [0.25, 0.3) is 5.91 Å². The molecule has 0 unspecified atom stereocenters. The van der Waals surface area contributed by atoms with Crippen molar-refractivity contribution in [2.45, 2.75) is 26.7 Å². The first-order valence-corrected chi connectivity index (χ1v) is 8.05. The average Bonchev–Trinajstić information content (AvgIpc) is 2.61. The molecule has 0 fully saturated rings. The number of anilines is 1. The van der Waals surface area contributed by atoms with E-state index in [0.29, 0.717) is 17.0 Å². The highest BCUT2D eigenvalue weighted by Crippen LogP contribution is 2.29. The van der Waals surface area contributed by atoms with Crippen molar-refractivity contribution >= 4 is 29.2 Å². The molecule has 0 aliphatic heterocycles. The summed E-state index contributed by atoms with van der Waals surface area (Å²) < 4.78 is 4.61. The van der Waals surface area contributed by atoms with E-state index in [0.717, 1.165) is 23.2 Å². The van der Waals surface area contributed by atoms with Gasteiger partial charge in [0.05, 0.1) is 12.7 Å². The zero-order valence-corrected chi connectivity index (χ0v) is 14.6. The number of hydrogen-bond donors (Lipinski definition) is 1. The Bertz CT molecular complexity index is 758. The quantitative estimate of drug-likeness (QED) is 0.834. The lowest BCUT2D eigenvalue weighted by Crippen LogP contribution is -2.17. The fraction of sp³-hybridized carbons (Fsp3) is 0.278. The Morgan fingerprint density at radius 1 is 1.17 bits per heavy atom. The van der Waals surface area contributed by atoms with E-state index in [1.807, 2.05) is 26.0 Å². The summed E-state index contributed by atoms with van der Waals surface area (Å²) in [6.45, 7) is 4.00. The summed E-state index contributed by atoms with van der Waals surface area (Å²) in [5.41, 5.74) is 3.15. The lowest BCUT2D eigenvalue weighted by molar-refractivity contribution is 0.0600. The van der Waals surface area contributed by atoms with Gasteiger partial charge in [-0.25, -0.2) is 4.79 Å². The van der Waals surface area contributed by atoms with Crippen LogP contribution in [-0.4, -0.2) is 24.0 Å². The summed E-state index contributed by atoms with van der Waals surface area (Å²) in [6.07, 6.45) is 2.80. The summed E-state index contributed by atoms with van der Waals surface area (Å²) in [7, 11) is 1.29. The van der Waals surface area contributed by atoms with E-state index in [9.17, 15) is 9.59 Å². The third-order valence-electron chi connectivity index (χ3n) is 3.73.